The van der Waals surface area contributed by atoms with Gasteiger partial charge < -0.3 is 5.32 Å². The van der Waals surface area contributed by atoms with Gasteiger partial charge in [-0.05, 0) is 17.2 Å². The van der Waals surface area contributed by atoms with Gasteiger partial charge in [-0.3, -0.25) is 4.79 Å². The lowest BCUT2D eigenvalue weighted by Crippen LogP contribution is -2.28. The number of sulfone groups is 1. The Balaban J connectivity index is 2.33. The highest BCUT2D eigenvalue weighted by atomic mass is 79.9. The van der Waals surface area contributed by atoms with Crippen molar-refractivity contribution in [3.05, 3.63) is 0 Å². The van der Waals surface area contributed by atoms with Crippen LogP contribution in [0.2, 0.25) is 0 Å². The summed E-state index contributed by atoms with van der Waals surface area (Å²) in [4.78, 5) is 13.2. The van der Waals surface area contributed by atoms with Gasteiger partial charge in [-0.25, -0.2) is 8.42 Å². The van der Waals surface area contributed by atoms with E-state index in [0.29, 0.717) is 13.0 Å². The lowest BCUT2D eigenvalue weighted by Gasteiger charge is -2.06. The number of carbonyl (C=O) groups is 1. The van der Waals surface area contributed by atoms with Crippen molar-refractivity contribution >= 4 is 31.7 Å². The van der Waals surface area contributed by atoms with Crippen molar-refractivity contribution in [1.29, 1.82) is 0 Å². The molecule has 1 unspecified atom stereocenters. The molecule has 1 rings (SSSR count). The van der Waals surface area contributed by atoms with E-state index in [9.17, 15) is 13.2 Å². The van der Waals surface area contributed by atoms with Crippen LogP contribution in [-0.4, -0.2) is 32.4 Å². The van der Waals surface area contributed by atoms with Crippen molar-refractivity contribution in [1.82, 2.24) is 5.32 Å². The van der Waals surface area contributed by atoms with E-state index in [1.54, 1.807) is 0 Å². The van der Waals surface area contributed by atoms with E-state index in [0.717, 1.165) is 0 Å². The zero-order valence-corrected chi connectivity index (χ0v) is 9.82. The summed E-state index contributed by atoms with van der Waals surface area (Å²) < 4.78 is 22.1. The molecule has 1 aliphatic rings. The molecule has 14 heavy (non-hydrogen) atoms. The van der Waals surface area contributed by atoms with Crippen LogP contribution in [0.3, 0.4) is 0 Å². The first kappa shape index (κ1) is 11.5. The summed E-state index contributed by atoms with van der Waals surface area (Å²) in [5, 5.41) is 2.56. The molecule has 0 aromatic carbocycles. The van der Waals surface area contributed by atoms with Crippen LogP contribution >= 0.6 is 15.9 Å². The first-order valence-electron chi connectivity index (χ1n) is 4.13. The zero-order chi connectivity index (χ0) is 10.6. The molecule has 0 aliphatic carbocycles. The second kappa shape index (κ2) is 4.80. The number of rotatable bonds is 2. The minimum Gasteiger partial charge on any atom is -0.345 e. The molecule has 1 heterocycles. The summed E-state index contributed by atoms with van der Waals surface area (Å²) >= 11 is 2.80. The number of nitrogens with one attached hydrogen (secondary N) is 1. The minimum absolute atomic E-state index is 0.0427. The highest BCUT2D eigenvalue weighted by Crippen LogP contribution is 2.17. The maximum absolute atomic E-state index is 11.1. The second-order valence-corrected chi connectivity index (χ2v) is 5.82. The van der Waals surface area contributed by atoms with Crippen molar-refractivity contribution in [3.8, 4) is 10.8 Å². The predicted octanol–water partition coefficient (Wildman–Crippen LogP) is -0.107. The van der Waals surface area contributed by atoms with Gasteiger partial charge in [0.15, 0.2) is 9.84 Å². The molecular weight excluding hydrogens is 270 g/mol. The summed E-state index contributed by atoms with van der Waals surface area (Å²) in [6.45, 7) is 0.389. The fourth-order valence-electron chi connectivity index (χ4n) is 1.36. The third-order valence-electron chi connectivity index (χ3n) is 2.04. The van der Waals surface area contributed by atoms with Crippen LogP contribution < -0.4 is 5.32 Å². The van der Waals surface area contributed by atoms with Crippen molar-refractivity contribution in [3.63, 3.8) is 0 Å². The van der Waals surface area contributed by atoms with Crippen LogP contribution in [-0.2, 0) is 14.6 Å². The van der Waals surface area contributed by atoms with E-state index in [2.05, 4.69) is 32.0 Å². The van der Waals surface area contributed by atoms with E-state index in [1.807, 2.05) is 0 Å². The summed E-state index contributed by atoms with van der Waals surface area (Å²) in [6, 6.07) is 0. The smallest absolute Gasteiger partial charge is 0.296 e. The summed E-state index contributed by atoms with van der Waals surface area (Å²) in [5.41, 5.74) is 0. The van der Waals surface area contributed by atoms with Crippen LogP contribution in [0.15, 0.2) is 0 Å². The Kier molecular flexibility index (Phi) is 3.96. The number of carbonyl (C=O) groups excluding carboxylic acids is 1. The predicted molar refractivity (Wildman–Crippen MR) is 56.5 cm³/mol. The standard InChI is InChI=1S/C8H10BrNO3S/c9-3-1-8(11)10-5-7-2-4-14(12,13)6-7/h7H,2,4-6H2,(H,10,11). The first-order valence-corrected chi connectivity index (χ1v) is 6.75. The Morgan fingerprint density at radius 1 is 1.57 bits per heavy atom. The average molecular weight is 280 g/mol. The zero-order valence-electron chi connectivity index (χ0n) is 7.42. The van der Waals surface area contributed by atoms with Gasteiger partial charge >= 0.3 is 0 Å². The van der Waals surface area contributed by atoms with Crippen molar-refractivity contribution in [2.75, 3.05) is 18.1 Å². The van der Waals surface area contributed by atoms with Crippen molar-refractivity contribution < 1.29 is 13.2 Å². The third-order valence-corrected chi connectivity index (χ3v) is 4.07. The Morgan fingerprint density at radius 2 is 2.29 bits per heavy atom. The molecule has 1 atom stereocenters. The van der Waals surface area contributed by atoms with Gasteiger partial charge in [0, 0.05) is 28.4 Å². The van der Waals surface area contributed by atoms with Gasteiger partial charge in [-0.2, -0.15) is 0 Å². The molecule has 0 spiro atoms. The van der Waals surface area contributed by atoms with Gasteiger partial charge in [-0.15, -0.1) is 0 Å². The fraction of sp³-hybridized carbons (Fsp3) is 0.625. The molecule has 1 amide bonds. The van der Waals surface area contributed by atoms with E-state index in [1.165, 1.54) is 0 Å². The second-order valence-electron chi connectivity index (χ2n) is 3.20. The molecule has 0 aromatic rings. The van der Waals surface area contributed by atoms with Gasteiger partial charge in [0.05, 0.1) is 11.5 Å². The lowest BCUT2D eigenvalue weighted by atomic mass is 10.1. The van der Waals surface area contributed by atoms with E-state index >= 15 is 0 Å². The minimum atomic E-state index is -2.85. The van der Waals surface area contributed by atoms with E-state index < -0.39 is 9.84 Å². The molecule has 0 aromatic heterocycles. The van der Waals surface area contributed by atoms with Crippen LogP contribution in [0.1, 0.15) is 6.42 Å². The molecule has 6 heteroatoms. The van der Waals surface area contributed by atoms with Gasteiger partial charge in [-0.1, -0.05) is 0 Å². The van der Waals surface area contributed by atoms with Crippen LogP contribution in [0.5, 0.6) is 0 Å². The molecule has 1 fully saturated rings. The fourth-order valence-corrected chi connectivity index (χ4v) is 3.40. The largest absolute Gasteiger partial charge is 0.345 e. The maximum Gasteiger partial charge on any atom is 0.296 e. The van der Waals surface area contributed by atoms with Crippen LogP contribution in [0.25, 0.3) is 0 Å². The van der Waals surface area contributed by atoms with Gasteiger partial charge in [0.2, 0.25) is 0 Å². The number of hydrogen-bond acceptors (Lipinski definition) is 3. The monoisotopic (exact) mass is 279 g/mol. The van der Waals surface area contributed by atoms with E-state index in [4.69, 9.17) is 0 Å². The van der Waals surface area contributed by atoms with Crippen LogP contribution in [0, 0.1) is 16.7 Å². The Bertz CT molecular complexity index is 379. The van der Waals surface area contributed by atoms with Gasteiger partial charge in [0.25, 0.3) is 5.91 Å². The molecule has 0 saturated carbocycles. The molecule has 78 valence electrons. The van der Waals surface area contributed by atoms with Gasteiger partial charge in [0.1, 0.15) is 0 Å². The topological polar surface area (TPSA) is 63.2 Å². The van der Waals surface area contributed by atoms with Crippen LogP contribution in [0.4, 0.5) is 0 Å². The maximum atomic E-state index is 11.1. The third kappa shape index (κ3) is 3.68. The Morgan fingerprint density at radius 3 is 2.79 bits per heavy atom. The highest BCUT2D eigenvalue weighted by Gasteiger charge is 2.27. The highest BCUT2D eigenvalue weighted by molar-refractivity contribution is 9.12. The molecule has 0 bridgehead atoms. The molecule has 4 nitrogen and oxygen atoms in total. The first-order chi connectivity index (χ1) is 6.53. The summed E-state index contributed by atoms with van der Waals surface area (Å²) in [7, 11) is -2.85. The Hall–Kier alpha value is -0.540. The Labute approximate surface area is 91.5 Å². The van der Waals surface area contributed by atoms with E-state index in [-0.39, 0.29) is 23.3 Å². The normalized spacial score (nSPS) is 23.6. The quantitative estimate of drug-likeness (QED) is 0.718. The van der Waals surface area contributed by atoms with Crippen molar-refractivity contribution in [2.45, 2.75) is 6.42 Å². The molecular formula is C8H10BrNO3S. The molecule has 1 aliphatic heterocycles. The lowest BCUT2D eigenvalue weighted by molar-refractivity contribution is -0.115. The number of amides is 1. The molecule has 1 saturated heterocycles. The summed E-state index contributed by atoms with van der Waals surface area (Å²) in [5.74, 6) is 2.33. The SMILES string of the molecule is O=C(C#CBr)NCC1CCS(=O)(=O)C1. The van der Waals surface area contributed by atoms with Crippen molar-refractivity contribution in [2.24, 2.45) is 5.92 Å². The molecule has 1 N–H and O–H groups in total. The molecule has 0 radical (unpaired) electrons. The average Bonchev–Trinajstić information content (AvgIpc) is 2.43. The summed E-state index contributed by atoms with van der Waals surface area (Å²) in [6.07, 6.45) is 0.629. The number of halogens is 1. The number of hydrogen-bond donors (Lipinski definition) is 1.